The van der Waals surface area contributed by atoms with E-state index in [-0.39, 0.29) is 36.4 Å². The highest BCUT2D eigenvalue weighted by Gasteiger charge is 2.31. The monoisotopic (exact) mass is 443 g/mol. The van der Waals surface area contributed by atoms with Gasteiger partial charge >= 0.3 is 6.18 Å². The SMILES string of the molecule is CCCCC[C@H](CN(O)C=O)C(=O)NCNC(=O)c1cc2cc(C(F)(F)F)ccc2o1. The molecule has 0 bridgehead atoms. The summed E-state index contributed by atoms with van der Waals surface area (Å²) in [5.41, 5.74) is -0.738. The molecule has 3 N–H and O–H groups in total. The number of hydrogen-bond acceptors (Lipinski definition) is 5. The number of halogens is 3. The van der Waals surface area contributed by atoms with Gasteiger partial charge in [-0.2, -0.15) is 13.2 Å². The Morgan fingerprint density at radius 3 is 2.61 bits per heavy atom. The van der Waals surface area contributed by atoms with E-state index < -0.39 is 29.5 Å². The van der Waals surface area contributed by atoms with E-state index in [1.54, 1.807) is 0 Å². The number of furan rings is 1. The van der Waals surface area contributed by atoms with Crippen molar-refractivity contribution in [1.82, 2.24) is 15.7 Å². The predicted octanol–water partition coefficient (Wildman–Crippen LogP) is 3.30. The van der Waals surface area contributed by atoms with Gasteiger partial charge in [0.15, 0.2) is 5.76 Å². The highest BCUT2D eigenvalue weighted by atomic mass is 19.4. The lowest BCUT2D eigenvalue weighted by molar-refractivity contribution is -0.154. The Bertz CT molecular complexity index is 913. The third-order valence-corrected chi connectivity index (χ3v) is 4.64. The van der Waals surface area contributed by atoms with Gasteiger partial charge in [0.05, 0.1) is 24.7 Å². The molecular formula is C20H24F3N3O5. The molecule has 0 saturated carbocycles. The van der Waals surface area contributed by atoms with E-state index in [1.807, 2.05) is 6.92 Å². The van der Waals surface area contributed by atoms with E-state index in [0.717, 1.165) is 37.5 Å². The molecular weight excluding hydrogens is 419 g/mol. The molecule has 0 aliphatic rings. The Morgan fingerprint density at radius 2 is 1.97 bits per heavy atom. The van der Waals surface area contributed by atoms with Crippen LogP contribution in [-0.4, -0.2) is 41.7 Å². The summed E-state index contributed by atoms with van der Waals surface area (Å²) >= 11 is 0. The Labute approximate surface area is 176 Å². The van der Waals surface area contributed by atoms with Crippen molar-refractivity contribution in [3.8, 4) is 0 Å². The topological polar surface area (TPSA) is 112 Å². The van der Waals surface area contributed by atoms with Crippen LogP contribution in [0.15, 0.2) is 28.7 Å². The summed E-state index contributed by atoms with van der Waals surface area (Å²) in [5, 5.41) is 14.8. The van der Waals surface area contributed by atoms with Gasteiger partial charge in [-0.3, -0.25) is 19.6 Å². The van der Waals surface area contributed by atoms with Crippen LogP contribution in [0.1, 0.15) is 48.7 Å². The number of benzene rings is 1. The third kappa shape index (κ3) is 6.99. The molecule has 8 nitrogen and oxygen atoms in total. The standard InChI is InChI=1S/C20H24F3N3O5/c1-2-3-4-5-13(10-26(30)12-27)18(28)24-11-25-19(29)17-9-14-8-15(20(21,22)23)6-7-16(14)31-17/h6-9,12-13,30H,2-5,10-11H2,1H3,(H,24,28)(H,25,29)/t13-/m1/s1. The molecule has 170 valence electrons. The molecule has 0 saturated heterocycles. The van der Waals surface area contributed by atoms with Crippen molar-refractivity contribution < 1.29 is 37.2 Å². The minimum Gasteiger partial charge on any atom is -0.451 e. The van der Waals surface area contributed by atoms with Crippen molar-refractivity contribution in [2.75, 3.05) is 13.2 Å². The van der Waals surface area contributed by atoms with Crippen LogP contribution in [0.4, 0.5) is 13.2 Å². The second-order valence-electron chi connectivity index (χ2n) is 7.00. The molecule has 0 aliphatic carbocycles. The number of unbranched alkanes of at least 4 members (excludes halogenated alkanes) is 2. The second-order valence-corrected chi connectivity index (χ2v) is 7.00. The summed E-state index contributed by atoms with van der Waals surface area (Å²) in [6, 6.07) is 4.05. The van der Waals surface area contributed by atoms with Crippen LogP contribution in [0.5, 0.6) is 0 Å². The van der Waals surface area contributed by atoms with Crippen molar-refractivity contribution in [3.05, 3.63) is 35.6 Å². The van der Waals surface area contributed by atoms with Crippen molar-refractivity contribution in [3.63, 3.8) is 0 Å². The first kappa shape index (κ1) is 24.2. The fourth-order valence-electron chi connectivity index (χ4n) is 2.99. The molecule has 1 aromatic heterocycles. The molecule has 0 spiro atoms. The minimum atomic E-state index is -4.51. The number of carbonyl (C=O) groups is 3. The van der Waals surface area contributed by atoms with Gasteiger partial charge in [-0.25, -0.2) is 5.06 Å². The van der Waals surface area contributed by atoms with Gasteiger partial charge in [-0.05, 0) is 30.7 Å². The summed E-state index contributed by atoms with van der Waals surface area (Å²) in [5.74, 6) is -2.04. The predicted molar refractivity (Wildman–Crippen MR) is 104 cm³/mol. The smallest absolute Gasteiger partial charge is 0.416 e. The zero-order chi connectivity index (χ0) is 23.0. The number of alkyl halides is 3. The number of hydrogen-bond donors (Lipinski definition) is 3. The minimum absolute atomic E-state index is 0.120. The molecule has 2 aromatic rings. The first-order valence-corrected chi connectivity index (χ1v) is 9.73. The molecule has 1 atom stereocenters. The number of fused-ring (bicyclic) bond motifs is 1. The summed E-state index contributed by atoms with van der Waals surface area (Å²) in [6.07, 6.45) is -1.32. The van der Waals surface area contributed by atoms with Crippen LogP contribution in [0, 0.1) is 5.92 Å². The van der Waals surface area contributed by atoms with Crippen LogP contribution >= 0.6 is 0 Å². The van der Waals surface area contributed by atoms with Crippen molar-refractivity contribution in [2.24, 2.45) is 5.92 Å². The zero-order valence-electron chi connectivity index (χ0n) is 16.9. The fourth-order valence-corrected chi connectivity index (χ4v) is 2.99. The van der Waals surface area contributed by atoms with E-state index in [4.69, 9.17) is 4.42 Å². The first-order valence-electron chi connectivity index (χ1n) is 9.73. The Hall–Kier alpha value is -3.08. The lowest BCUT2D eigenvalue weighted by Gasteiger charge is -2.19. The molecule has 11 heteroatoms. The fraction of sp³-hybridized carbons (Fsp3) is 0.450. The molecule has 1 heterocycles. The van der Waals surface area contributed by atoms with E-state index >= 15 is 0 Å². The number of nitrogens with zero attached hydrogens (tertiary/aromatic N) is 1. The number of nitrogens with one attached hydrogen (secondary N) is 2. The summed E-state index contributed by atoms with van der Waals surface area (Å²) in [6.45, 7) is 1.55. The van der Waals surface area contributed by atoms with Gasteiger partial charge in [0.25, 0.3) is 5.91 Å². The van der Waals surface area contributed by atoms with Crippen molar-refractivity contribution in [2.45, 2.75) is 38.8 Å². The van der Waals surface area contributed by atoms with Gasteiger partial charge < -0.3 is 15.1 Å². The highest BCUT2D eigenvalue weighted by molar-refractivity contribution is 5.96. The normalized spacial score (nSPS) is 12.4. The molecule has 2 rings (SSSR count). The van der Waals surface area contributed by atoms with Crippen LogP contribution in [0.2, 0.25) is 0 Å². The molecule has 0 unspecified atom stereocenters. The van der Waals surface area contributed by atoms with Crippen LogP contribution in [0.25, 0.3) is 11.0 Å². The average Bonchev–Trinajstić information content (AvgIpc) is 3.15. The molecule has 1 aromatic carbocycles. The Kier molecular flexibility index (Phi) is 8.43. The quantitative estimate of drug-likeness (QED) is 0.162. The summed E-state index contributed by atoms with van der Waals surface area (Å²) < 4.78 is 43.7. The number of hydroxylamine groups is 2. The second kappa shape index (κ2) is 10.8. The average molecular weight is 443 g/mol. The van der Waals surface area contributed by atoms with Gasteiger partial charge in [-0.1, -0.05) is 26.2 Å². The largest absolute Gasteiger partial charge is 0.451 e. The first-order chi connectivity index (χ1) is 14.7. The van der Waals surface area contributed by atoms with Gasteiger partial charge in [0.2, 0.25) is 12.3 Å². The highest BCUT2D eigenvalue weighted by Crippen LogP contribution is 2.32. The number of rotatable bonds is 11. The van der Waals surface area contributed by atoms with Gasteiger partial charge in [0, 0.05) is 5.39 Å². The molecule has 0 aliphatic heterocycles. The lowest BCUT2D eigenvalue weighted by atomic mass is 10.0. The van der Waals surface area contributed by atoms with Gasteiger partial charge in [0.1, 0.15) is 5.58 Å². The van der Waals surface area contributed by atoms with Crippen LogP contribution in [-0.2, 0) is 15.8 Å². The molecule has 31 heavy (non-hydrogen) atoms. The molecule has 0 radical (unpaired) electrons. The van der Waals surface area contributed by atoms with Gasteiger partial charge in [-0.15, -0.1) is 0 Å². The molecule has 3 amide bonds. The maximum Gasteiger partial charge on any atom is 0.416 e. The van der Waals surface area contributed by atoms with E-state index in [0.29, 0.717) is 11.5 Å². The summed E-state index contributed by atoms with van der Waals surface area (Å²) in [4.78, 5) is 35.2. The maximum absolute atomic E-state index is 12.8. The van der Waals surface area contributed by atoms with Crippen molar-refractivity contribution >= 4 is 29.2 Å². The van der Waals surface area contributed by atoms with E-state index in [1.165, 1.54) is 6.07 Å². The zero-order valence-corrected chi connectivity index (χ0v) is 16.9. The summed E-state index contributed by atoms with van der Waals surface area (Å²) in [7, 11) is 0. The van der Waals surface area contributed by atoms with Crippen molar-refractivity contribution in [1.29, 1.82) is 0 Å². The number of amides is 3. The Morgan fingerprint density at radius 1 is 1.23 bits per heavy atom. The van der Waals surface area contributed by atoms with Crippen LogP contribution in [0.3, 0.4) is 0 Å². The van der Waals surface area contributed by atoms with Crippen LogP contribution < -0.4 is 10.6 Å². The third-order valence-electron chi connectivity index (χ3n) is 4.64. The Balaban J connectivity index is 1.94. The maximum atomic E-state index is 12.8. The lowest BCUT2D eigenvalue weighted by Crippen LogP contribution is -2.42. The molecule has 0 fully saturated rings. The number of carbonyl (C=O) groups excluding carboxylic acids is 3. The van der Waals surface area contributed by atoms with E-state index in [2.05, 4.69) is 10.6 Å². The van der Waals surface area contributed by atoms with E-state index in [9.17, 15) is 32.8 Å².